The molecule has 64 valence electrons. The Morgan fingerprint density at radius 1 is 1.83 bits per heavy atom. The second-order valence-corrected chi connectivity index (χ2v) is 3.08. The Labute approximate surface area is 74.4 Å². The summed E-state index contributed by atoms with van der Waals surface area (Å²) in [5, 5.41) is 10.7. The number of carbonyl (C=O) groups is 1. The molecular weight excluding hydrogens is 174 g/mol. The van der Waals surface area contributed by atoms with Crippen molar-refractivity contribution in [2.45, 2.75) is 6.61 Å². The van der Waals surface area contributed by atoms with Crippen LogP contribution in [-0.4, -0.2) is 24.2 Å². The van der Waals surface area contributed by atoms with E-state index in [9.17, 15) is 4.79 Å². The molecule has 4 heteroatoms. The van der Waals surface area contributed by atoms with E-state index in [2.05, 4.69) is 4.99 Å². The zero-order valence-corrected chi connectivity index (χ0v) is 7.47. The van der Waals surface area contributed by atoms with Crippen LogP contribution in [0, 0.1) is 0 Å². The van der Waals surface area contributed by atoms with E-state index in [0.717, 1.165) is 10.4 Å². The lowest BCUT2D eigenvalue weighted by Gasteiger charge is -1.96. The maximum Gasteiger partial charge on any atom is 0.169 e. The molecule has 0 saturated heterocycles. The minimum absolute atomic E-state index is 0.0499. The van der Waals surface area contributed by atoms with Gasteiger partial charge in [-0.05, 0) is 17.0 Å². The highest BCUT2D eigenvalue weighted by molar-refractivity contribution is 7.13. The second kappa shape index (κ2) is 4.13. The largest absolute Gasteiger partial charge is 0.392 e. The third kappa shape index (κ3) is 1.60. The van der Waals surface area contributed by atoms with Gasteiger partial charge < -0.3 is 5.11 Å². The quantitative estimate of drug-likeness (QED) is 0.558. The van der Waals surface area contributed by atoms with Crippen LogP contribution in [-0.2, 0) is 11.4 Å². The van der Waals surface area contributed by atoms with E-state index < -0.39 is 0 Å². The minimum Gasteiger partial charge on any atom is -0.392 e. The lowest BCUT2D eigenvalue weighted by atomic mass is 10.2. The van der Waals surface area contributed by atoms with Crippen molar-refractivity contribution in [3.05, 3.63) is 21.9 Å². The molecule has 1 N–H and O–H groups in total. The first kappa shape index (κ1) is 9.09. The first-order valence-corrected chi connectivity index (χ1v) is 4.31. The fourth-order valence-corrected chi connectivity index (χ4v) is 1.81. The minimum atomic E-state index is -0.0499. The molecule has 0 bridgehead atoms. The lowest BCUT2D eigenvalue weighted by Crippen LogP contribution is -2.02. The average Bonchev–Trinajstić information content (AvgIpc) is 2.55. The summed E-state index contributed by atoms with van der Waals surface area (Å²) < 4.78 is 0. The van der Waals surface area contributed by atoms with Gasteiger partial charge in [-0.3, -0.25) is 9.79 Å². The lowest BCUT2D eigenvalue weighted by molar-refractivity contribution is -0.102. The molecule has 0 fully saturated rings. The molecule has 0 saturated carbocycles. The topological polar surface area (TPSA) is 49.7 Å². The molecule has 0 amide bonds. The fourth-order valence-electron chi connectivity index (χ4n) is 0.893. The van der Waals surface area contributed by atoms with Gasteiger partial charge in [0.15, 0.2) is 6.29 Å². The Balaban J connectivity index is 3.08. The maximum atomic E-state index is 10.5. The van der Waals surface area contributed by atoms with E-state index in [0.29, 0.717) is 12.0 Å². The van der Waals surface area contributed by atoms with Gasteiger partial charge in [0, 0.05) is 7.05 Å². The highest BCUT2D eigenvalue weighted by atomic mass is 32.1. The molecular formula is C8H9NO2S. The molecule has 1 rings (SSSR count). The normalized spacial score (nSPS) is 11.7. The number of hydrogen-bond donors (Lipinski definition) is 1. The standard InChI is InChI=1S/C8H9NO2S/c1-9-7(5-11)8-6(4-10)2-3-12-8/h2-3,5,10H,4H2,1H3. The van der Waals surface area contributed by atoms with Gasteiger partial charge in [0.25, 0.3) is 0 Å². The Morgan fingerprint density at radius 3 is 3.08 bits per heavy atom. The molecule has 1 aromatic heterocycles. The van der Waals surface area contributed by atoms with Crippen LogP contribution in [0.3, 0.4) is 0 Å². The summed E-state index contributed by atoms with van der Waals surface area (Å²) in [6, 6.07) is 1.79. The number of rotatable bonds is 3. The number of aldehydes is 1. The third-order valence-corrected chi connectivity index (χ3v) is 2.48. The smallest absolute Gasteiger partial charge is 0.169 e. The average molecular weight is 183 g/mol. The molecule has 1 aromatic rings. The first-order chi connectivity index (χ1) is 5.83. The number of aliphatic hydroxyl groups excluding tert-OH is 1. The van der Waals surface area contributed by atoms with Crippen LogP contribution < -0.4 is 0 Å². The van der Waals surface area contributed by atoms with E-state index in [4.69, 9.17) is 5.11 Å². The first-order valence-electron chi connectivity index (χ1n) is 3.43. The van der Waals surface area contributed by atoms with E-state index in [1.807, 2.05) is 5.38 Å². The summed E-state index contributed by atoms with van der Waals surface area (Å²) in [4.78, 5) is 15.1. The number of nitrogens with zero attached hydrogens (tertiary/aromatic N) is 1. The van der Waals surface area contributed by atoms with Gasteiger partial charge in [-0.2, -0.15) is 0 Å². The second-order valence-electron chi connectivity index (χ2n) is 2.16. The molecule has 3 nitrogen and oxygen atoms in total. The molecule has 0 spiro atoms. The predicted molar refractivity (Wildman–Crippen MR) is 48.8 cm³/mol. The van der Waals surface area contributed by atoms with Gasteiger partial charge in [0.05, 0.1) is 11.5 Å². The summed E-state index contributed by atoms with van der Waals surface area (Å²) >= 11 is 1.41. The van der Waals surface area contributed by atoms with Crippen molar-refractivity contribution in [2.75, 3.05) is 7.05 Å². The van der Waals surface area contributed by atoms with Crippen LogP contribution in [0.5, 0.6) is 0 Å². The van der Waals surface area contributed by atoms with Gasteiger partial charge in [-0.1, -0.05) is 0 Å². The summed E-state index contributed by atoms with van der Waals surface area (Å²) in [5.74, 6) is 0. The van der Waals surface area contributed by atoms with E-state index >= 15 is 0 Å². The van der Waals surface area contributed by atoms with Gasteiger partial charge in [0.1, 0.15) is 5.71 Å². The van der Waals surface area contributed by atoms with Crippen LogP contribution in [0.2, 0.25) is 0 Å². The molecule has 12 heavy (non-hydrogen) atoms. The molecule has 0 aliphatic heterocycles. The summed E-state index contributed by atoms with van der Waals surface area (Å²) in [6.45, 7) is -0.0499. The Bertz CT molecular complexity index is 304. The monoisotopic (exact) mass is 183 g/mol. The van der Waals surface area contributed by atoms with Gasteiger partial charge in [-0.15, -0.1) is 11.3 Å². The molecule has 0 aliphatic rings. The highest BCUT2D eigenvalue weighted by Gasteiger charge is 2.08. The van der Waals surface area contributed by atoms with Crippen LogP contribution in [0.4, 0.5) is 0 Å². The summed E-state index contributed by atoms with van der Waals surface area (Å²) in [7, 11) is 1.56. The van der Waals surface area contributed by atoms with Crippen molar-refractivity contribution in [2.24, 2.45) is 4.99 Å². The van der Waals surface area contributed by atoms with Crippen molar-refractivity contribution >= 4 is 23.3 Å². The van der Waals surface area contributed by atoms with Gasteiger partial charge >= 0.3 is 0 Å². The molecule has 1 heterocycles. The van der Waals surface area contributed by atoms with Crippen molar-refractivity contribution in [1.82, 2.24) is 0 Å². The van der Waals surface area contributed by atoms with E-state index in [1.54, 1.807) is 13.1 Å². The van der Waals surface area contributed by atoms with Crippen LogP contribution in [0.25, 0.3) is 0 Å². The number of carbonyl (C=O) groups excluding carboxylic acids is 1. The SMILES string of the molecule is CN=C(C=O)c1sccc1CO. The summed E-state index contributed by atoms with van der Waals surface area (Å²) in [5.41, 5.74) is 1.15. The third-order valence-electron chi connectivity index (χ3n) is 1.50. The van der Waals surface area contributed by atoms with Crippen LogP contribution in [0.1, 0.15) is 10.4 Å². The molecule has 0 atom stereocenters. The van der Waals surface area contributed by atoms with Crippen molar-refractivity contribution in [1.29, 1.82) is 0 Å². The molecule has 0 unspecified atom stereocenters. The van der Waals surface area contributed by atoms with Crippen LogP contribution >= 0.6 is 11.3 Å². The number of aliphatic imine (C=N–C) groups is 1. The van der Waals surface area contributed by atoms with E-state index in [1.165, 1.54) is 11.3 Å². The van der Waals surface area contributed by atoms with Gasteiger partial charge in [-0.25, -0.2) is 0 Å². The zero-order valence-electron chi connectivity index (χ0n) is 6.65. The van der Waals surface area contributed by atoms with Gasteiger partial charge in [0.2, 0.25) is 0 Å². The fraction of sp³-hybridized carbons (Fsp3) is 0.250. The predicted octanol–water partition coefficient (Wildman–Crippen LogP) is 0.858. The Kier molecular flexibility index (Phi) is 3.13. The highest BCUT2D eigenvalue weighted by Crippen LogP contribution is 2.16. The number of hydrogen-bond acceptors (Lipinski definition) is 4. The van der Waals surface area contributed by atoms with Crippen LogP contribution in [0.15, 0.2) is 16.4 Å². The Morgan fingerprint density at radius 2 is 2.58 bits per heavy atom. The molecule has 0 aromatic carbocycles. The number of thiophene rings is 1. The molecule has 0 radical (unpaired) electrons. The van der Waals surface area contributed by atoms with Crippen molar-refractivity contribution in [3.63, 3.8) is 0 Å². The maximum absolute atomic E-state index is 10.5. The summed E-state index contributed by atoms with van der Waals surface area (Å²) in [6.07, 6.45) is 0.699. The van der Waals surface area contributed by atoms with Crippen molar-refractivity contribution in [3.8, 4) is 0 Å². The zero-order chi connectivity index (χ0) is 8.97. The van der Waals surface area contributed by atoms with E-state index in [-0.39, 0.29) is 6.61 Å². The van der Waals surface area contributed by atoms with Crippen molar-refractivity contribution < 1.29 is 9.90 Å². The number of aliphatic hydroxyl groups is 1. The Hall–Kier alpha value is -1.00. The molecule has 0 aliphatic carbocycles.